The van der Waals surface area contributed by atoms with Gasteiger partial charge in [-0.2, -0.15) is 0 Å². The number of hydrogen-bond donors (Lipinski definition) is 1. The van der Waals surface area contributed by atoms with Crippen LogP contribution in [0, 0.1) is 5.92 Å². The monoisotopic (exact) mass is 410 g/mol. The number of nitrogens with zero attached hydrogens (tertiary/aromatic N) is 1. The van der Waals surface area contributed by atoms with Crippen LogP contribution in [0.3, 0.4) is 0 Å². The Hall–Kier alpha value is -3.02. The first-order chi connectivity index (χ1) is 14.6. The highest BCUT2D eigenvalue weighted by atomic mass is 16.5. The fraction of sp³-hybridized carbons (Fsp3) is 0.417. The summed E-state index contributed by atoms with van der Waals surface area (Å²) in [7, 11) is 1.60. The van der Waals surface area contributed by atoms with E-state index >= 15 is 0 Å². The van der Waals surface area contributed by atoms with E-state index in [2.05, 4.69) is 5.32 Å². The van der Waals surface area contributed by atoms with Gasteiger partial charge >= 0.3 is 0 Å². The fourth-order valence-corrected chi connectivity index (χ4v) is 3.74. The minimum atomic E-state index is -0.111. The molecule has 6 nitrogen and oxygen atoms in total. The Kier molecular flexibility index (Phi) is 7.71. The van der Waals surface area contributed by atoms with Crippen LogP contribution in [0.1, 0.15) is 35.7 Å². The summed E-state index contributed by atoms with van der Waals surface area (Å²) in [4.78, 5) is 25.7. The van der Waals surface area contributed by atoms with Gasteiger partial charge in [0.1, 0.15) is 6.61 Å². The van der Waals surface area contributed by atoms with E-state index < -0.39 is 0 Å². The SMILES string of the molecule is COc1ccccc1OCCNC(=O)c1ccc(CC2CCN(C(C)=O)CC2)cc1. The number of para-hydroxylation sites is 2. The van der Waals surface area contributed by atoms with E-state index in [1.807, 2.05) is 53.4 Å². The second kappa shape index (κ2) is 10.7. The molecule has 6 heteroatoms. The fourth-order valence-electron chi connectivity index (χ4n) is 3.74. The molecule has 0 saturated carbocycles. The van der Waals surface area contributed by atoms with Gasteiger partial charge in [0.2, 0.25) is 5.91 Å². The maximum Gasteiger partial charge on any atom is 0.251 e. The number of rotatable bonds is 8. The van der Waals surface area contributed by atoms with Crippen LogP contribution in [-0.2, 0) is 11.2 Å². The van der Waals surface area contributed by atoms with Gasteiger partial charge < -0.3 is 19.7 Å². The normalized spacial score (nSPS) is 14.3. The van der Waals surface area contributed by atoms with Crippen molar-refractivity contribution >= 4 is 11.8 Å². The van der Waals surface area contributed by atoms with E-state index in [-0.39, 0.29) is 11.8 Å². The van der Waals surface area contributed by atoms with Crippen molar-refractivity contribution in [1.29, 1.82) is 0 Å². The van der Waals surface area contributed by atoms with Crippen LogP contribution in [-0.4, -0.2) is 50.1 Å². The van der Waals surface area contributed by atoms with E-state index in [0.29, 0.717) is 36.1 Å². The van der Waals surface area contributed by atoms with Crippen LogP contribution in [0.4, 0.5) is 0 Å². The molecule has 1 aliphatic rings. The van der Waals surface area contributed by atoms with Crippen LogP contribution in [0.5, 0.6) is 11.5 Å². The lowest BCUT2D eigenvalue weighted by Gasteiger charge is -2.31. The lowest BCUT2D eigenvalue weighted by Crippen LogP contribution is -2.37. The molecule has 30 heavy (non-hydrogen) atoms. The van der Waals surface area contributed by atoms with Gasteiger partial charge in [0.25, 0.3) is 5.91 Å². The molecule has 0 aromatic heterocycles. The average Bonchev–Trinajstić information content (AvgIpc) is 2.77. The van der Waals surface area contributed by atoms with Crippen molar-refractivity contribution in [3.05, 3.63) is 59.7 Å². The number of piperidine rings is 1. The Morgan fingerprint density at radius 3 is 2.33 bits per heavy atom. The Bertz CT molecular complexity index is 843. The summed E-state index contributed by atoms with van der Waals surface area (Å²) in [5.74, 6) is 1.98. The molecule has 2 aromatic rings. The Labute approximate surface area is 178 Å². The zero-order valence-electron chi connectivity index (χ0n) is 17.7. The lowest BCUT2D eigenvalue weighted by atomic mass is 9.90. The highest BCUT2D eigenvalue weighted by molar-refractivity contribution is 5.94. The number of ether oxygens (including phenoxy) is 2. The molecule has 3 rings (SSSR count). The number of methoxy groups -OCH3 is 1. The predicted octanol–water partition coefficient (Wildman–Crippen LogP) is 3.31. The lowest BCUT2D eigenvalue weighted by molar-refractivity contribution is -0.130. The summed E-state index contributed by atoms with van der Waals surface area (Å²) in [6.07, 6.45) is 3.06. The van der Waals surface area contributed by atoms with Crippen molar-refractivity contribution in [1.82, 2.24) is 10.2 Å². The second-order valence-electron chi connectivity index (χ2n) is 7.61. The Morgan fingerprint density at radius 1 is 1.03 bits per heavy atom. The van der Waals surface area contributed by atoms with Crippen molar-refractivity contribution in [3.8, 4) is 11.5 Å². The van der Waals surface area contributed by atoms with E-state index in [0.717, 1.165) is 32.4 Å². The highest BCUT2D eigenvalue weighted by Crippen LogP contribution is 2.25. The molecule has 0 spiro atoms. The molecule has 1 fully saturated rings. The van der Waals surface area contributed by atoms with Crippen molar-refractivity contribution in [2.45, 2.75) is 26.2 Å². The number of amides is 2. The van der Waals surface area contributed by atoms with Gasteiger partial charge in [0, 0.05) is 25.6 Å². The van der Waals surface area contributed by atoms with Crippen molar-refractivity contribution in [2.75, 3.05) is 33.4 Å². The minimum Gasteiger partial charge on any atom is -0.493 e. The van der Waals surface area contributed by atoms with Gasteiger partial charge in [-0.1, -0.05) is 24.3 Å². The third-order valence-electron chi connectivity index (χ3n) is 5.51. The standard InChI is InChI=1S/C24H30N2O4/c1-18(27)26-14-11-20(12-15-26)17-19-7-9-21(10-8-19)24(28)25-13-16-30-23-6-4-3-5-22(23)29-2/h3-10,20H,11-17H2,1-2H3,(H,25,28). The number of carbonyl (C=O) groups is 2. The maximum atomic E-state index is 12.4. The topological polar surface area (TPSA) is 67.9 Å². The smallest absolute Gasteiger partial charge is 0.251 e. The summed E-state index contributed by atoms with van der Waals surface area (Å²) in [6, 6.07) is 15.2. The van der Waals surface area contributed by atoms with Gasteiger partial charge in [-0.25, -0.2) is 0 Å². The summed E-state index contributed by atoms with van der Waals surface area (Å²) in [5.41, 5.74) is 1.87. The van der Waals surface area contributed by atoms with E-state index in [9.17, 15) is 9.59 Å². The molecule has 1 heterocycles. The number of hydrogen-bond acceptors (Lipinski definition) is 4. The predicted molar refractivity (Wildman–Crippen MR) is 116 cm³/mol. The molecule has 0 unspecified atom stereocenters. The molecular weight excluding hydrogens is 380 g/mol. The molecule has 0 radical (unpaired) electrons. The van der Waals surface area contributed by atoms with Crippen LogP contribution in [0.15, 0.2) is 48.5 Å². The zero-order valence-corrected chi connectivity index (χ0v) is 17.7. The first-order valence-corrected chi connectivity index (χ1v) is 10.5. The molecule has 1 aliphatic heterocycles. The minimum absolute atomic E-state index is 0.111. The van der Waals surface area contributed by atoms with Gasteiger partial charge in [-0.15, -0.1) is 0 Å². The summed E-state index contributed by atoms with van der Waals surface area (Å²) in [5, 5.41) is 2.88. The number of likely N-dealkylation sites (tertiary alicyclic amines) is 1. The number of nitrogens with one attached hydrogen (secondary N) is 1. The molecule has 0 aliphatic carbocycles. The third-order valence-corrected chi connectivity index (χ3v) is 5.51. The molecule has 160 valence electrons. The first-order valence-electron chi connectivity index (χ1n) is 10.5. The Morgan fingerprint density at radius 2 is 1.70 bits per heavy atom. The van der Waals surface area contributed by atoms with E-state index in [4.69, 9.17) is 9.47 Å². The van der Waals surface area contributed by atoms with Gasteiger partial charge in [-0.05, 0) is 55.0 Å². The van der Waals surface area contributed by atoms with Crippen LogP contribution in [0.2, 0.25) is 0 Å². The Balaban J connectivity index is 1.41. The average molecular weight is 411 g/mol. The van der Waals surface area contributed by atoms with Crippen molar-refractivity contribution < 1.29 is 19.1 Å². The number of benzene rings is 2. The number of carbonyl (C=O) groups excluding carboxylic acids is 2. The van der Waals surface area contributed by atoms with Gasteiger partial charge in [0.05, 0.1) is 13.7 Å². The van der Waals surface area contributed by atoms with Crippen LogP contribution in [0.25, 0.3) is 0 Å². The maximum absolute atomic E-state index is 12.4. The summed E-state index contributed by atoms with van der Waals surface area (Å²) < 4.78 is 10.9. The molecule has 2 amide bonds. The highest BCUT2D eigenvalue weighted by Gasteiger charge is 2.20. The molecule has 1 N–H and O–H groups in total. The second-order valence-corrected chi connectivity index (χ2v) is 7.61. The molecule has 1 saturated heterocycles. The molecule has 0 atom stereocenters. The molecular formula is C24H30N2O4. The molecule has 0 bridgehead atoms. The van der Waals surface area contributed by atoms with E-state index in [1.165, 1.54) is 5.56 Å². The summed E-state index contributed by atoms with van der Waals surface area (Å²) >= 11 is 0. The zero-order chi connectivity index (χ0) is 21.3. The third kappa shape index (κ3) is 5.99. The molecule has 2 aromatic carbocycles. The van der Waals surface area contributed by atoms with Crippen LogP contribution < -0.4 is 14.8 Å². The quantitative estimate of drug-likeness (QED) is 0.678. The largest absolute Gasteiger partial charge is 0.493 e. The van der Waals surface area contributed by atoms with Crippen molar-refractivity contribution in [2.24, 2.45) is 5.92 Å². The van der Waals surface area contributed by atoms with Gasteiger partial charge in [-0.3, -0.25) is 9.59 Å². The van der Waals surface area contributed by atoms with Crippen LogP contribution >= 0.6 is 0 Å². The van der Waals surface area contributed by atoms with Crippen molar-refractivity contribution in [3.63, 3.8) is 0 Å². The first kappa shape index (κ1) is 21.7. The summed E-state index contributed by atoms with van der Waals surface area (Å²) in [6.45, 7) is 4.10. The van der Waals surface area contributed by atoms with E-state index in [1.54, 1.807) is 14.0 Å². The van der Waals surface area contributed by atoms with Gasteiger partial charge in [0.15, 0.2) is 11.5 Å².